The van der Waals surface area contributed by atoms with E-state index >= 15 is 0 Å². The summed E-state index contributed by atoms with van der Waals surface area (Å²) in [6, 6.07) is 9.91. The van der Waals surface area contributed by atoms with Crippen molar-refractivity contribution in [2.45, 2.75) is 0 Å². The lowest BCUT2D eigenvalue weighted by Gasteiger charge is -2.06. The smallest absolute Gasteiger partial charge is 0.322 e. The number of aliphatic carboxylic acids is 1. The van der Waals surface area contributed by atoms with Gasteiger partial charge in [-0.1, -0.05) is 30.3 Å². The quantitative estimate of drug-likeness (QED) is 0.771. The Hall–Kier alpha value is -2.47. The van der Waals surface area contributed by atoms with E-state index in [0.717, 1.165) is 21.3 Å². The Morgan fingerprint density at radius 2 is 2.05 bits per heavy atom. The van der Waals surface area contributed by atoms with Crippen molar-refractivity contribution >= 4 is 33.3 Å². The van der Waals surface area contributed by atoms with Gasteiger partial charge in [0.2, 0.25) is 0 Å². The summed E-state index contributed by atoms with van der Waals surface area (Å²) in [5, 5.41) is 14.5. The predicted octanol–water partition coefficient (Wildman–Crippen LogP) is 2.85. The molecule has 0 radical (unpaired) electrons. The Morgan fingerprint density at radius 3 is 2.80 bits per heavy atom. The molecule has 2 heterocycles. The Balaban J connectivity index is 2.12. The third kappa shape index (κ3) is 2.33. The van der Waals surface area contributed by atoms with Crippen molar-refractivity contribution in [2.24, 2.45) is 0 Å². The van der Waals surface area contributed by atoms with Gasteiger partial charge in [0.15, 0.2) is 0 Å². The summed E-state index contributed by atoms with van der Waals surface area (Å²) in [4.78, 5) is 19.9. The first-order valence-corrected chi connectivity index (χ1v) is 6.87. The zero-order chi connectivity index (χ0) is 13.9. The number of carboxylic acids is 1. The van der Waals surface area contributed by atoms with Crippen molar-refractivity contribution in [3.63, 3.8) is 0 Å². The Morgan fingerprint density at radius 1 is 1.25 bits per heavy atom. The first kappa shape index (κ1) is 12.6. The molecule has 0 unspecified atom stereocenters. The van der Waals surface area contributed by atoms with E-state index in [9.17, 15) is 4.79 Å². The van der Waals surface area contributed by atoms with E-state index in [-0.39, 0.29) is 6.54 Å². The first-order valence-electron chi connectivity index (χ1n) is 5.99. The van der Waals surface area contributed by atoms with Gasteiger partial charge in [-0.2, -0.15) is 0 Å². The molecule has 0 aliphatic heterocycles. The maximum Gasteiger partial charge on any atom is 0.322 e. The molecule has 3 rings (SSSR count). The van der Waals surface area contributed by atoms with E-state index in [1.165, 1.54) is 17.7 Å². The molecule has 0 aliphatic carbocycles. The van der Waals surface area contributed by atoms with Crippen molar-refractivity contribution in [3.05, 3.63) is 42.0 Å². The third-order valence-corrected chi connectivity index (χ3v) is 3.75. The maximum atomic E-state index is 10.7. The molecule has 0 bridgehead atoms. The normalized spacial score (nSPS) is 10.6. The summed E-state index contributed by atoms with van der Waals surface area (Å²) < 4.78 is 0. The third-order valence-electron chi connectivity index (χ3n) is 2.86. The molecular weight excluding hydrogens is 274 g/mol. The number of hydrogen-bond acceptors (Lipinski definition) is 5. The average Bonchev–Trinajstić information content (AvgIpc) is 2.90. The Bertz CT molecular complexity index is 755. The van der Waals surface area contributed by atoms with E-state index in [2.05, 4.69) is 15.3 Å². The molecule has 0 saturated heterocycles. The number of benzene rings is 1. The summed E-state index contributed by atoms with van der Waals surface area (Å²) in [6.07, 6.45) is 1.44. The van der Waals surface area contributed by atoms with Gasteiger partial charge in [0.25, 0.3) is 0 Å². The second kappa shape index (κ2) is 5.26. The molecule has 5 nitrogen and oxygen atoms in total. The second-order valence-electron chi connectivity index (χ2n) is 4.17. The van der Waals surface area contributed by atoms with E-state index in [1.54, 1.807) is 0 Å². The number of carbonyl (C=O) groups is 1. The summed E-state index contributed by atoms with van der Waals surface area (Å²) in [7, 11) is 0. The lowest BCUT2D eigenvalue weighted by atomic mass is 10.1. The van der Waals surface area contributed by atoms with Gasteiger partial charge < -0.3 is 10.4 Å². The van der Waals surface area contributed by atoms with Crippen LogP contribution in [-0.4, -0.2) is 27.6 Å². The van der Waals surface area contributed by atoms with Crippen LogP contribution in [0.1, 0.15) is 0 Å². The van der Waals surface area contributed by atoms with Crippen molar-refractivity contribution in [3.8, 4) is 11.1 Å². The second-order valence-corrected chi connectivity index (χ2v) is 5.02. The van der Waals surface area contributed by atoms with Gasteiger partial charge in [-0.05, 0) is 5.56 Å². The minimum absolute atomic E-state index is 0.170. The molecule has 1 aromatic carbocycles. The van der Waals surface area contributed by atoms with Crippen LogP contribution in [0.4, 0.5) is 5.82 Å². The molecule has 0 aliphatic rings. The van der Waals surface area contributed by atoms with E-state index in [0.29, 0.717) is 5.82 Å². The lowest BCUT2D eigenvalue weighted by molar-refractivity contribution is -0.134. The number of nitrogens with one attached hydrogen (secondary N) is 1. The molecule has 2 N–H and O–H groups in total. The number of carboxylic acid groups (broad SMARTS) is 1. The van der Waals surface area contributed by atoms with E-state index in [1.807, 2.05) is 35.7 Å². The summed E-state index contributed by atoms with van der Waals surface area (Å²) >= 11 is 1.52. The molecular formula is C14H11N3O2S. The van der Waals surface area contributed by atoms with Crippen LogP contribution < -0.4 is 5.32 Å². The topological polar surface area (TPSA) is 75.1 Å². The number of nitrogens with zero attached hydrogens (tertiary/aromatic N) is 2. The molecule has 0 saturated carbocycles. The fourth-order valence-electron chi connectivity index (χ4n) is 2.00. The lowest BCUT2D eigenvalue weighted by Crippen LogP contribution is -2.13. The number of thiophene rings is 1. The fourth-order valence-corrected chi connectivity index (χ4v) is 2.91. The summed E-state index contributed by atoms with van der Waals surface area (Å²) in [6.45, 7) is -0.170. The summed E-state index contributed by atoms with van der Waals surface area (Å²) in [5.74, 6) is -0.370. The van der Waals surface area contributed by atoms with Gasteiger partial charge in [0.05, 0.1) is 5.39 Å². The maximum absolute atomic E-state index is 10.7. The number of aromatic nitrogens is 2. The molecule has 100 valence electrons. The van der Waals surface area contributed by atoms with Gasteiger partial charge in [0, 0.05) is 10.9 Å². The van der Waals surface area contributed by atoms with Crippen LogP contribution in [0.15, 0.2) is 42.0 Å². The molecule has 2 aromatic heterocycles. The monoisotopic (exact) mass is 285 g/mol. The van der Waals surface area contributed by atoms with Crippen LogP contribution >= 0.6 is 11.3 Å². The Labute approximate surface area is 118 Å². The first-order chi connectivity index (χ1) is 9.75. The zero-order valence-corrected chi connectivity index (χ0v) is 11.2. The average molecular weight is 285 g/mol. The number of anilines is 1. The van der Waals surface area contributed by atoms with Gasteiger partial charge in [-0.25, -0.2) is 9.97 Å². The fraction of sp³-hybridized carbons (Fsp3) is 0.0714. The van der Waals surface area contributed by atoms with Crippen LogP contribution in [0.2, 0.25) is 0 Å². The van der Waals surface area contributed by atoms with Crippen LogP contribution in [-0.2, 0) is 4.79 Å². The molecule has 0 amide bonds. The van der Waals surface area contributed by atoms with Gasteiger partial charge in [-0.3, -0.25) is 4.79 Å². The number of hydrogen-bond donors (Lipinski definition) is 2. The Kier molecular flexibility index (Phi) is 3.30. The number of rotatable bonds is 4. The van der Waals surface area contributed by atoms with Crippen molar-refractivity contribution < 1.29 is 9.90 Å². The highest BCUT2D eigenvalue weighted by Crippen LogP contribution is 2.36. The molecule has 0 spiro atoms. The summed E-state index contributed by atoms with van der Waals surface area (Å²) in [5.41, 5.74) is 2.08. The minimum Gasteiger partial charge on any atom is -0.480 e. The predicted molar refractivity (Wildman–Crippen MR) is 79.0 cm³/mol. The van der Waals surface area contributed by atoms with Crippen molar-refractivity contribution in [2.75, 3.05) is 11.9 Å². The van der Waals surface area contributed by atoms with Crippen molar-refractivity contribution in [1.29, 1.82) is 0 Å². The highest BCUT2D eigenvalue weighted by molar-refractivity contribution is 7.17. The molecule has 0 fully saturated rings. The van der Waals surface area contributed by atoms with Crippen LogP contribution in [0, 0.1) is 0 Å². The van der Waals surface area contributed by atoms with Gasteiger partial charge in [0.1, 0.15) is 23.5 Å². The number of fused-ring (bicyclic) bond motifs is 1. The minimum atomic E-state index is -0.923. The van der Waals surface area contributed by atoms with E-state index in [4.69, 9.17) is 5.11 Å². The molecule has 6 heteroatoms. The van der Waals surface area contributed by atoms with E-state index < -0.39 is 5.97 Å². The van der Waals surface area contributed by atoms with Crippen LogP contribution in [0.25, 0.3) is 21.3 Å². The van der Waals surface area contributed by atoms with Crippen molar-refractivity contribution in [1.82, 2.24) is 9.97 Å². The molecule has 20 heavy (non-hydrogen) atoms. The SMILES string of the molecule is O=C(O)CNc1ncnc2scc(-c3ccccc3)c12. The standard InChI is InChI=1S/C14H11N3O2S/c18-11(19)6-15-13-12-10(9-4-2-1-3-5-9)7-20-14(12)17-8-16-13/h1-5,7-8H,6H2,(H,18,19)(H,15,16,17). The van der Waals surface area contributed by atoms with Gasteiger partial charge >= 0.3 is 5.97 Å². The molecule has 3 aromatic rings. The van der Waals surface area contributed by atoms with Crippen LogP contribution in [0.3, 0.4) is 0 Å². The largest absolute Gasteiger partial charge is 0.480 e. The molecule has 0 atom stereocenters. The van der Waals surface area contributed by atoms with Gasteiger partial charge in [-0.15, -0.1) is 11.3 Å². The zero-order valence-electron chi connectivity index (χ0n) is 10.4. The van der Waals surface area contributed by atoms with Crippen LogP contribution in [0.5, 0.6) is 0 Å². The highest BCUT2D eigenvalue weighted by atomic mass is 32.1. The highest BCUT2D eigenvalue weighted by Gasteiger charge is 2.13.